The molecule has 1 aromatic rings. The first-order valence-electron chi connectivity index (χ1n) is 5.62. The summed E-state index contributed by atoms with van der Waals surface area (Å²) in [5.41, 5.74) is 2.03. The predicted molar refractivity (Wildman–Crippen MR) is 62.3 cm³/mol. The molecule has 0 unspecified atom stereocenters. The maximum atomic E-state index is 13.1. The molecule has 0 bridgehead atoms. The van der Waals surface area contributed by atoms with E-state index >= 15 is 0 Å². The minimum atomic E-state index is -2.92. The monoisotopic (exact) mass is 244 g/mol. The lowest BCUT2D eigenvalue weighted by Gasteiger charge is -2.16. The molecule has 0 spiro atoms. The van der Waals surface area contributed by atoms with Gasteiger partial charge in [0.25, 0.3) is 5.92 Å². The molecule has 0 aliphatic heterocycles. The van der Waals surface area contributed by atoms with Crippen LogP contribution in [0.2, 0.25) is 0 Å². The lowest BCUT2D eigenvalue weighted by molar-refractivity contribution is -0.125. The fourth-order valence-corrected chi connectivity index (χ4v) is 1.30. The smallest absolute Gasteiger partial charge is 0.293 e. The van der Waals surface area contributed by atoms with Crippen LogP contribution < -0.4 is 0 Å². The van der Waals surface area contributed by atoms with Gasteiger partial charge in [0.1, 0.15) is 13.2 Å². The van der Waals surface area contributed by atoms with Gasteiger partial charge < -0.3 is 9.47 Å². The SMILES string of the molecule is CCOCC(F)(F)COCc1ccc(C)cc1. The first kappa shape index (κ1) is 14.1. The second-order valence-electron chi connectivity index (χ2n) is 3.97. The van der Waals surface area contributed by atoms with Crippen molar-refractivity contribution in [2.24, 2.45) is 0 Å². The molecule has 96 valence electrons. The summed E-state index contributed by atoms with van der Waals surface area (Å²) < 4.78 is 35.9. The molecule has 0 aliphatic rings. The number of alkyl halides is 2. The van der Waals surface area contributed by atoms with E-state index in [-0.39, 0.29) is 13.2 Å². The van der Waals surface area contributed by atoms with Crippen molar-refractivity contribution in [1.82, 2.24) is 0 Å². The Morgan fingerprint density at radius 2 is 1.65 bits per heavy atom. The maximum Gasteiger partial charge on any atom is 0.293 e. The Morgan fingerprint density at radius 3 is 2.24 bits per heavy atom. The molecule has 0 amide bonds. The van der Waals surface area contributed by atoms with Crippen LogP contribution >= 0.6 is 0 Å². The summed E-state index contributed by atoms with van der Waals surface area (Å²) in [5.74, 6) is -2.92. The largest absolute Gasteiger partial charge is 0.375 e. The average molecular weight is 244 g/mol. The summed E-state index contributed by atoms with van der Waals surface area (Å²) >= 11 is 0. The molecule has 0 saturated carbocycles. The topological polar surface area (TPSA) is 18.5 Å². The molecule has 0 fully saturated rings. The van der Waals surface area contributed by atoms with Gasteiger partial charge >= 0.3 is 0 Å². The van der Waals surface area contributed by atoms with Crippen LogP contribution in [0, 0.1) is 6.92 Å². The Hall–Kier alpha value is -1.00. The molecule has 0 N–H and O–H groups in total. The van der Waals surface area contributed by atoms with E-state index in [1.807, 2.05) is 31.2 Å². The minimum Gasteiger partial charge on any atom is -0.375 e. The molecule has 0 aliphatic carbocycles. The van der Waals surface area contributed by atoms with Gasteiger partial charge in [-0.3, -0.25) is 0 Å². The average Bonchev–Trinajstić information content (AvgIpc) is 2.29. The lowest BCUT2D eigenvalue weighted by Crippen LogP contribution is -2.29. The number of benzene rings is 1. The number of hydrogen-bond donors (Lipinski definition) is 0. The first-order chi connectivity index (χ1) is 8.03. The van der Waals surface area contributed by atoms with Crippen molar-refractivity contribution in [2.75, 3.05) is 19.8 Å². The van der Waals surface area contributed by atoms with Gasteiger partial charge in [-0.2, -0.15) is 0 Å². The summed E-state index contributed by atoms with van der Waals surface area (Å²) in [7, 11) is 0. The fraction of sp³-hybridized carbons (Fsp3) is 0.538. The van der Waals surface area contributed by atoms with Gasteiger partial charge in [-0.05, 0) is 19.4 Å². The Morgan fingerprint density at radius 1 is 1.06 bits per heavy atom. The van der Waals surface area contributed by atoms with Crippen LogP contribution in [0.25, 0.3) is 0 Å². The molecular formula is C13H18F2O2. The van der Waals surface area contributed by atoms with Crippen LogP contribution in [-0.4, -0.2) is 25.7 Å². The van der Waals surface area contributed by atoms with Crippen LogP contribution in [0.15, 0.2) is 24.3 Å². The molecule has 17 heavy (non-hydrogen) atoms. The molecule has 0 saturated heterocycles. The number of rotatable bonds is 7. The van der Waals surface area contributed by atoms with Crippen molar-refractivity contribution in [3.8, 4) is 0 Å². The molecule has 0 atom stereocenters. The second-order valence-corrected chi connectivity index (χ2v) is 3.97. The first-order valence-corrected chi connectivity index (χ1v) is 5.62. The van der Waals surface area contributed by atoms with E-state index in [2.05, 4.69) is 4.74 Å². The highest BCUT2D eigenvalue weighted by atomic mass is 19.3. The molecule has 2 nitrogen and oxygen atoms in total. The Balaban J connectivity index is 2.29. The zero-order chi connectivity index (χ0) is 12.7. The van der Waals surface area contributed by atoms with Gasteiger partial charge in [0.2, 0.25) is 0 Å². The van der Waals surface area contributed by atoms with E-state index in [0.717, 1.165) is 11.1 Å². The third-order valence-electron chi connectivity index (χ3n) is 2.22. The summed E-state index contributed by atoms with van der Waals surface area (Å²) in [6, 6.07) is 7.60. The fourth-order valence-electron chi connectivity index (χ4n) is 1.30. The lowest BCUT2D eigenvalue weighted by atomic mass is 10.2. The van der Waals surface area contributed by atoms with E-state index in [1.54, 1.807) is 6.92 Å². The van der Waals surface area contributed by atoms with Crippen molar-refractivity contribution >= 4 is 0 Å². The van der Waals surface area contributed by atoms with Crippen molar-refractivity contribution in [2.45, 2.75) is 26.4 Å². The van der Waals surface area contributed by atoms with Crippen LogP contribution in [0.3, 0.4) is 0 Å². The van der Waals surface area contributed by atoms with E-state index in [0.29, 0.717) is 0 Å². The third kappa shape index (κ3) is 5.75. The summed E-state index contributed by atoms with van der Waals surface area (Å²) in [4.78, 5) is 0. The Kier molecular flexibility index (Phi) is 5.51. The molecule has 0 heterocycles. The summed E-state index contributed by atoms with van der Waals surface area (Å²) in [5, 5.41) is 0. The van der Waals surface area contributed by atoms with Crippen LogP contribution in [0.1, 0.15) is 18.1 Å². The molecule has 0 aromatic heterocycles. The van der Waals surface area contributed by atoms with Crippen molar-refractivity contribution in [1.29, 1.82) is 0 Å². The van der Waals surface area contributed by atoms with Gasteiger partial charge in [0, 0.05) is 6.61 Å². The molecule has 0 radical (unpaired) electrons. The van der Waals surface area contributed by atoms with E-state index in [1.165, 1.54) is 0 Å². The van der Waals surface area contributed by atoms with E-state index in [4.69, 9.17) is 4.74 Å². The van der Waals surface area contributed by atoms with Crippen LogP contribution in [-0.2, 0) is 16.1 Å². The van der Waals surface area contributed by atoms with E-state index < -0.39 is 19.1 Å². The number of aryl methyl sites for hydroxylation is 1. The van der Waals surface area contributed by atoms with Crippen LogP contribution in [0.4, 0.5) is 8.78 Å². The maximum absolute atomic E-state index is 13.1. The number of hydrogen-bond acceptors (Lipinski definition) is 2. The van der Waals surface area contributed by atoms with Gasteiger partial charge in [-0.1, -0.05) is 29.8 Å². The number of ether oxygens (including phenoxy) is 2. The van der Waals surface area contributed by atoms with Gasteiger partial charge in [0.05, 0.1) is 6.61 Å². The summed E-state index contributed by atoms with van der Waals surface area (Å²) in [6.07, 6.45) is 0. The van der Waals surface area contributed by atoms with Crippen molar-refractivity contribution in [3.63, 3.8) is 0 Å². The quantitative estimate of drug-likeness (QED) is 0.733. The van der Waals surface area contributed by atoms with Gasteiger partial charge in [0.15, 0.2) is 0 Å². The molecule has 1 aromatic carbocycles. The zero-order valence-corrected chi connectivity index (χ0v) is 10.2. The zero-order valence-electron chi connectivity index (χ0n) is 10.2. The highest BCUT2D eigenvalue weighted by Crippen LogP contribution is 2.15. The Labute approximate surface area is 101 Å². The van der Waals surface area contributed by atoms with E-state index in [9.17, 15) is 8.78 Å². The highest BCUT2D eigenvalue weighted by Gasteiger charge is 2.29. The standard InChI is InChI=1S/C13H18F2O2/c1-3-16-9-13(14,15)10-17-8-12-6-4-11(2)5-7-12/h4-7H,3,8-10H2,1-2H3. The summed E-state index contributed by atoms with van der Waals surface area (Å²) in [6.45, 7) is 2.94. The van der Waals surface area contributed by atoms with Gasteiger partial charge in [-0.15, -0.1) is 0 Å². The van der Waals surface area contributed by atoms with Crippen molar-refractivity contribution < 1.29 is 18.3 Å². The van der Waals surface area contributed by atoms with Gasteiger partial charge in [-0.25, -0.2) is 8.78 Å². The molecular weight excluding hydrogens is 226 g/mol. The highest BCUT2D eigenvalue weighted by molar-refractivity contribution is 5.20. The van der Waals surface area contributed by atoms with Crippen LogP contribution in [0.5, 0.6) is 0 Å². The van der Waals surface area contributed by atoms with Crippen molar-refractivity contribution in [3.05, 3.63) is 35.4 Å². The Bertz CT molecular complexity index is 323. The molecule has 4 heteroatoms. The normalized spacial score (nSPS) is 11.8. The molecule has 1 rings (SSSR count). The predicted octanol–water partition coefficient (Wildman–Crippen LogP) is 3.18. The minimum absolute atomic E-state index is 0.196. The third-order valence-corrected chi connectivity index (χ3v) is 2.22. The second kappa shape index (κ2) is 6.67. The number of halogens is 2.